The smallest absolute Gasteiger partial charge is 0.285 e. The maximum atomic E-state index is 5.90. The molecule has 1 aliphatic carbocycles. The Morgan fingerprint density at radius 3 is 1.50 bits per heavy atom. The average Bonchev–Trinajstić information content (AvgIpc) is 2.29. The van der Waals surface area contributed by atoms with E-state index >= 15 is 0 Å². The second-order valence-electron chi connectivity index (χ2n) is 4.94. The Balaban J connectivity index is 2.74. The molecule has 0 heterocycles. The maximum Gasteiger partial charge on any atom is 0.285 e. The maximum absolute atomic E-state index is 5.90. The molecule has 0 aromatic heterocycles. The van der Waals surface area contributed by atoms with E-state index in [1.54, 1.807) is 0 Å². The fraction of sp³-hybridized carbons (Fsp3) is 1.00. The molecule has 0 amide bonds. The molecule has 108 valence electrons. The summed E-state index contributed by atoms with van der Waals surface area (Å²) in [5.41, 5.74) is 0. The minimum absolute atomic E-state index is 0.373. The molecule has 3 heteroatoms. The first-order valence-electron chi connectivity index (χ1n) is 7.70. The van der Waals surface area contributed by atoms with Crippen molar-refractivity contribution in [1.82, 2.24) is 0 Å². The van der Waals surface area contributed by atoms with E-state index in [0.29, 0.717) is 25.7 Å². The Labute approximate surface area is 112 Å². The summed E-state index contributed by atoms with van der Waals surface area (Å²) in [5.74, 6) is -0.423. The van der Waals surface area contributed by atoms with Crippen LogP contribution in [0, 0.1) is 5.92 Å². The molecule has 1 rings (SSSR count). The molecule has 0 unspecified atom stereocenters. The average molecular weight is 258 g/mol. The lowest BCUT2D eigenvalue weighted by molar-refractivity contribution is -0.403. The van der Waals surface area contributed by atoms with Crippen LogP contribution in [-0.4, -0.2) is 25.8 Å². The van der Waals surface area contributed by atoms with E-state index in [9.17, 15) is 0 Å². The van der Waals surface area contributed by atoms with Gasteiger partial charge in [0.2, 0.25) is 0 Å². The van der Waals surface area contributed by atoms with Gasteiger partial charge in [0, 0.05) is 25.7 Å². The molecular weight excluding hydrogens is 228 g/mol. The fourth-order valence-corrected chi connectivity index (χ4v) is 2.89. The summed E-state index contributed by atoms with van der Waals surface area (Å²) in [6, 6.07) is 0. The Kier molecular flexibility index (Phi) is 7.87. The van der Waals surface area contributed by atoms with Gasteiger partial charge in [-0.1, -0.05) is 32.1 Å². The highest BCUT2D eigenvalue weighted by molar-refractivity contribution is 4.74. The van der Waals surface area contributed by atoms with Gasteiger partial charge in [-0.05, 0) is 33.6 Å². The van der Waals surface area contributed by atoms with Gasteiger partial charge in [0.05, 0.1) is 0 Å². The molecule has 0 saturated heterocycles. The lowest BCUT2D eigenvalue weighted by Crippen LogP contribution is -2.47. The summed E-state index contributed by atoms with van der Waals surface area (Å²) in [4.78, 5) is 0. The number of rotatable bonds is 7. The second kappa shape index (κ2) is 8.89. The van der Waals surface area contributed by atoms with Crippen molar-refractivity contribution < 1.29 is 14.2 Å². The van der Waals surface area contributed by atoms with Crippen molar-refractivity contribution in [3.63, 3.8) is 0 Å². The highest BCUT2D eigenvalue weighted by Gasteiger charge is 2.41. The molecule has 0 bridgehead atoms. The van der Waals surface area contributed by atoms with Crippen LogP contribution in [-0.2, 0) is 14.2 Å². The van der Waals surface area contributed by atoms with Crippen molar-refractivity contribution in [2.24, 2.45) is 5.92 Å². The van der Waals surface area contributed by atoms with E-state index in [1.807, 2.05) is 20.8 Å². The predicted molar refractivity (Wildman–Crippen MR) is 73.4 cm³/mol. The number of ether oxygens (including phenoxy) is 3. The third kappa shape index (κ3) is 4.52. The molecule has 1 fully saturated rings. The molecule has 0 radical (unpaired) electrons. The van der Waals surface area contributed by atoms with Gasteiger partial charge in [0.25, 0.3) is 5.97 Å². The molecule has 18 heavy (non-hydrogen) atoms. The van der Waals surface area contributed by atoms with E-state index in [2.05, 4.69) is 0 Å². The quantitative estimate of drug-likeness (QED) is 0.643. The third-order valence-corrected chi connectivity index (χ3v) is 3.64. The van der Waals surface area contributed by atoms with Crippen molar-refractivity contribution >= 4 is 0 Å². The van der Waals surface area contributed by atoms with Gasteiger partial charge in [-0.2, -0.15) is 0 Å². The Morgan fingerprint density at radius 1 is 0.722 bits per heavy atom. The van der Waals surface area contributed by atoms with E-state index in [-0.39, 0.29) is 0 Å². The van der Waals surface area contributed by atoms with E-state index < -0.39 is 5.97 Å². The van der Waals surface area contributed by atoms with Crippen molar-refractivity contribution in [2.75, 3.05) is 19.8 Å². The minimum Gasteiger partial charge on any atom is -0.328 e. The second-order valence-corrected chi connectivity index (χ2v) is 4.94. The van der Waals surface area contributed by atoms with Crippen LogP contribution in [0.4, 0.5) is 0 Å². The van der Waals surface area contributed by atoms with Crippen LogP contribution in [0.15, 0.2) is 0 Å². The van der Waals surface area contributed by atoms with Gasteiger partial charge in [0.15, 0.2) is 0 Å². The molecule has 1 aliphatic rings. The number of hydrogen-bond acceptors (Lipinski definition) is 3. The van der Waals surface area contributed by atoms with Crippen LogP contribution in [0.1, 0.15) is 65.7 Å². The highest BCUT2D eigenvalue weighted by atomic mass is 16.9. The topological polar surface area (TPSA) is 27.7 Å². The zero-order valence-corrected chi connectivity index (χ0v) is 12.4. The summed E-state index contributed by atoms with van der Waals surface area (Å²) >= 11 is 0. The lowest BCUT2D eigenvalue weighted by atomic mass is 9.89. The van der Waals surface area contributed by atoms with Crippen molar-refractivity contribution in [3.8, 4) is 0 Å². The van der Waals surface area contributed by atoms with Crippen molar-refractivity contribution in [2.45, 2.75) is 71.7 Å². The summed E-state index contributed by atoms with van der Waals surface area (Å²) in [7, 11) is 0. The first kappa shape index (κ1) is 15.9. The van der Waals surface area contributed by atoms with Crippen LogP contribution in [0.3, 0.4) is 0 Å². The monoisotopic (exact) mass is 258 g/mol. The van der Waals surface area contributed by atoms with Crippen LogP contribution in [0.25, 0.3) is 0 Å². The van der Waals surface area contributed by atoms with Gasteiger partial charge < -0.3 is 14.2 Å². The molecular formula is C15H30O3. The largest absolute Gasteiger partial charge is 0.328 e. The molecule has 0 aliphatic heterocycles. The van der Waals surface area contributed by atoms with E-state index in [0.717, 1.165) is 12.8 Å². The summed E-state index contributed by atoms with van der Waals surface area (Å²) in [6.07, 6.45) is 8.87. The fourth-order valence-electron chi connectivity index (χ4n) is 2.89. The molecule has 0 spiro atoms. The molecule has 0 aromatic carbocycles. The van der Waals surface area contributed by atoms with Gasteiger partial charge in [0.1, 0.15) is 0 Å². The summed E-state index contributed by atoms with van der Waals surface area (Å²) in [5, 5.41) is 0. The van der Waals surface area contributed by atoms with Crippen LogP contribution >= 0.6 is 0 Å². The SMILES string of the molecule is CCOC(OCC)(OCC)C1CCCCCCC1. The van der Waals surface area contributed by atoms with Crippen LogP contribution in [0.5, 0.6) is 0 Å². The first-order valence-corrected chi connectivity index (χ1v) is 7.70. The normalized spacial score (nSPS) is 19.5. The minimum atomic E-state index is -0.796. The zero-order valence-electron chi connectivity index (χ0n) is 12.4. The molecule has 1 saturated carbocycles. The zero-order chi connectivity index (χ0) is 13.3. The van der Waals surface area contributed by atoms with E-state index in [1.165, 1.54) is 32.1 Å². The van der Waals surface area contributed by atoms with Crippen LogP contribution < -0.4 is 0 Å². The van der Waals surface area contributed by atoms with Gasteiger partial charge >= 0.3 is 0 Å². The van der Waals surface area contributed by atoms with Gasteiger partial charge in [-0.25, -0.2) is 0 Å². The van der Waals surface area contributed by atoms with Crippen LogP contribution in [0.2, 0.25) is 0 Å². The Morgan fingerprint density at radius 2 is 1.11 bits per heavy atom. The van der Waals surface area contributed by atoms with E-state index in [4.69, 9.17) is 14.2 Å². The molecule has 3 nitrogen and oxygen atoms in total. The van der Waals surface area contributed by atoms with Crippen molar-refractivity contribution in [1.29, 1.82) is 0 Å². The van der Waals surface area contributed by atoms with Crippen molar-refractivity contribution in [3.05, 3.63) is 0 Å². The summed E-state index contributed by atoms with van der Waals surface area (Å²) < 4.78 is 17.7. The van der Waals surface area contributed by atoms with Gasteiger partial charge in [-0.3, -0.25) is 0 Å². The lowest BCUT2D eigenvalue weighted by Gasteiger charge is -2.39. The first-order chi connectivity index (χ1) is 8.79. The Hall–Kier alpha value is -0.120. The molecule has 0 aromatic rings. The predicted octanol–water partition coefficient (Wildman–Crippen LogP) is 4.11. The standard InChI is InChI=1S/C15H30O3/c1-4-16-15(17-5-2,18-6-3)14-12-10-8-7-9-11-13-14/h14H,4-13H2,1-3H3. The highest BCUT2D eigenvalue weighted by Crippen LogP contribution is 2.35. The molecule has 0 N–H and O–H groups in total. The van der Waals surface area contributed by atoms with Gasteiger partial charge in [-0.15, -0.1) is 0 Å². The Bertz CT molecular complexity index is 181. The third-order valence-electron chi connectivity index (χ3n) is 3.64. The molecule has 0 atom stereocenters. The number of hydrogen-bond donors (Lipinski definition) is 0. The summed E-state index contributed by atoms with van der Waals surface area (Å²) in [6.45, 7) is 7.94.